The first kappa shape index (κ1) is 14.2. The minimum absolute atomic E-state index is 0.222. The Balaban J connectivity index is 1.99. The molecule has 0 spiro atoms. The van der Waals surface area contributed by atoms with Crippen LogP contribution in [0.4, 0.5) is 0 Å². The van der Waals surface area contributed by atoms with E-state index in [1.54, 1.807) is 0 Å². The summed E-state index contributed by atoms with van der Waals surface area (Å²) >= 11 is 0. The molecule has 3 N–H and O–H groups in total. The lowest BCUT2D eigenvalue weighted by molar-refractivity contribution is 0.260. The van der Waals surface area contributed by atoms with Crippen LogP contribution in [0, 0.1) is 5.41 Å². The molecule has 4 nitrogen and oxygen atoms in total. The van der Waals surface area contributed by atoms with E-state index in [4.69, 9.17) is 15.7 Å². The van der Waals surface area contributed by atoms with Gasteiger partial charge in [0.25, 0.3) is 0 Å². The number of ether oxygens (including phenoxy) is 1. The number of hydrogen-bond acceptors (Lipinski definition) is 3. The molecule has 0 fully saturated rings. The smallest absolute Gasteiger partial charge is 0.144 e. The van der Waals surface area contributed by atoms with Gasteiger partial charge in [-0.15, -0.1) is 0 Å². The van der Waals surface area contributed by atoms with Crippen molar-refractivity contribution in [1.29, 1.82) is 0 Å². The zero-order valence-electron chi connectivity index (χ0n) is 11.8. The second-order valence-electron chi connectivity index (χ2n) is 5.48. The predicted molar refractivity (Wildman–Crippen MR) is 81.2 cm³/mol. The number of hydrogen-bond donors (Lipinski definition) is 2. The summed E-state index contributed by atoms with van der Waals surface area (Å²) in [6, 6.07) is 14.2. The highest BCUT2D eigenvalue weighted by Crippen LogP contribution is 2.23. The van der Waals surface area contributed by atoms with Crippen molar-refractivity contribution >= 4 is 16.6 Å². The molecule has 0 aliphatic rings. The van der Waals surface area contributed by atoms with Crippen LogP contribution < -0.4 is 10.5 Å². The molecule has 0 saturated heterocycles. The molecule has 20 heavy (non-hydrogen) atoms. The Bertz CT molecular complexity index is 621. The van der Waals surface area contributed by atoms with Crippen molar-refractivity contribution in [2.75, 3.05) is 6.61 Å². The minimum Gasteiger partial charge on any atom is -0.494 e. The van der Waals surface area contributed by atoms with Crippen molar-refractivity contribution in [3.05, 3.63) is 42.5 Å². The molecule has 0 saturated carbocycles. The molecule has 0 radical (unpaired) electrons. The van der Waals surface area contributed by atoms with E-state index in [-0.39, 0.29) is 11.3 Å². The normalized spacial score (nSPS) is 12.6. The summed E-state index contributed by atoms with van der Waals surface area (Å²) in [6.07, 6.45) is 0.676. The highest BCUT2D eigenvalue weighted by atomic mass is 16.5. The third-order valence-electron chi connectivity index (χ3n) is 3.52. The van der Waals surface area contributed by atoms with Gasteiger partial charge in [-0.3, -0.25) is 0 Å². The molecule has 2 aromatic rings. The van der Waals surface area contributed by atoms with Gasteiger partial charge in [-0.25, -0.2) is 0 Å². The first-order chi connectivity index (χ1) is 9.53. The van der Waals surface area contributed by atoms with E-state index in [2.05, 4.69) is 17.3 Å². The molecule has 0 aromatic heterocycles. The highest BCUT2D eigenvalue weighted by molar-refractivity contribution is 5.85. The van der Waals surface area contributed by atoms with E-state index < -0.39 is 0 Å². The first-order valence-electron chi connectivity index (χ1n) is 6.62. The fourth-order valence-corrected chi connectivity index (χ4v) is 1.94. The first-order valence-corrected chi connectivity index (χ1v) is 6.62. The summed E-state index contributed by atoms with van der Waals surface area (Å²) < 4.78 is 5.75. The lowest BCUT2D eigenvalue weighted by Gasteiger charge is -2.22. The van der Waals surface area contributed by atoms with Crippen LogP contribution in [0.3, 0.4) is 0 Å². The molecule has 0 amide bonds. The predicted octanol–water partition coefficient (Wildman–Crippen LogP) is 3.38. The summed E-state index contributed by atoms with van der Waals surface area (Å²) in [7, 11) is 0. The van der Waals surface area contributed by atoms with Crippen molar-refractivity contribution in [3.8, 4) is 5.75 Å². The quantitative estimate of drug-likeness (QED) is 0.379. The van der Waals surface area contributed by atoms with E-state index in [0.29, 0.717) is 13.0 Å². The number of benzene rings is 2. The van der Waals surface area contributed by atoms with Crippen LogP contribution >= 0.6 is 0 Å². The van der Waals surface area contributed by atoms with Crippen molar-refractivity contribution in [2.45, 2.75) is 20.3 Å². The topological polar surface area (TPSA) is 67.8 Å². The maximum Gasteiger partial charge on any atom is 0.144 e. The van der Waals surface area contributed by atoms with Crippen LogP contribution in [-0.4, -0.2) is 17.6 Å². The highest BCUT2D eigenvalue weighted by Gasteiger charge is 2.23. The molecule has 0 aliphatic heterocycles. The van der Waals surface area contributed by atoms with Gasteiger partial charge in [0.1, 0.15) is 11.6 Å². The molecule has 2 rings (SSSR count). The lowest BCUT2D eigenvalue weighted by Crippen LogP contribution is -2.33. The standard InChI is InChI=1S/C16H20N2O2/c1-16(2,15(17)18-19)9-10-20-14-8-7-12-5-3-4-6-13(12)11-14/h3-8,11,19H,9-10H2,1-2H3,(H2,17,18). The lowest BCUT2D eigenvalue weighted by atomic mass is 9.88. The maximum atomic E-state index is 8.73. The van der Waals surface area contributed by atoms with E-state index in [0.717, 1.165) is 11.1 Å². The van der Waals surface area contributed by atoms with E-state index in [1.165, 1.54) is 5.39 Å². The second kappa shape index (κ2) is 5.82. The van der Waals surface area contributed by atoms with E-state index >= 15 is 0 Å². The van der Waals surface area contributed by atoms with Gasteiger partial charge >= 0.3 is 0 Å². The third-order valence-corrected chi connectivity index (χ3v) is 3.52. The molecule has 0 heterocycles. The molecule has 2 aromatic carbocycles. The number of nitrogens with two attached hydrogens (primary N) is 1. The summed E-state index contributed by atoms with van der Waals surface area (Å²) in [5.41, 5.74) is 5.27. The SMILES string of the molecule is CC(C)(CCOc1ccc2ccccc2c1)C(N)=NO. The Labute approximate surface area is 118 Å². The molecular weight excluding hydrogens is 252 g/mol. The monoisotopic (exact) mass is 272 g/mol. The molecular formula is C16H20N2O2. The number of rotatable bonds is 5. The summed E-state index contributed by atoms with van der Waals surface area (Å²) in [4.78, 5) is 0. The van der Waals surface area contributed by atoms with Gasteiger partial charge < -0.3 is 15.7 Å². The van der Waals surface area contributed by atoms with Gasteiger partial charge in [0.15, 0.2) is 0 Å². The molecule has 0 unspecified atom stereocenters. The Morgan fingerprint density at radius 1 is 1.20 bits per heavy atom. The molecule has 4 heteroatoms. The Hall–Kier alpha value is -2.23. The average molecular weight is 272 g/mol. The second-order valence-corrected chi connectivity index (χ2v) is 5.48. The average Bonchev–Trinajstić information content (AvgIpc) is 2.46. The number of amidine groups is 1. The zero-order valence-corrected chi connectivity index (χ0v) is 11.8. The maximum absolute atomic E-state index is 8.73. The van der Waals surface area contributed by atoms with Gasteiger partial charge in [0.05, 0.1) is 6.61 Å². The molecule has 0 aliphatic carbocycles. The van der Waals surface area contributed by atoms with Crippen molar-refractivity contribution in [2.24, 2.45) is 16.3 Å². The van der Waals surface area contributed by atoms with Crippen LogP contribution in [0.1, 0.15) is 20.3 Å². The largest absolute Gasteiger partial charge is 0.494 e. The summed E-state index contributed by atoms with van der Waals surface area (Å²) in [6.45, 7) is 4.36. The van der Waals surface area contributed by atoms with Gasteiger partial charge in [-0.1, -0.05) is 49.3 Å². The number of nitrogens with zero attached hydrogens (tertiary/aromatic N) is 1. The fourth-order valence-electron chi connectivity index (χ4n) is 1.94. The van der Waals surface area contributed by atoms with Gasteiger partial charge in [0.2, 0.25) is 0 Å². The van der Waals surface area contributed by atoms with Gasteiger partial charge in [-0.2, -0.15) is 0 Å². The Morgan fingerprint density at radius 3 is 2.60 bits per heavy atom. The van der Waals surface area contributed by atoms with Crippen molar-refractivity contribution in [3.63, 3.8) is 0 Å². The van der Waals surface area contributed by atoms with Crippen LogP contribution in [0.5, 0.6) is 5.75 Å². The third kappa shape index (κ3) is 3.20. The summed E-state index contributed by atoms with van der Waals surface area (Å²) in [5, 5.41) is 14.1. The van der Waals surface area contributed by atoms with E-state index in [1.807, 2.05) is 44.2 Å². The van der Waals surface area contributed by atoms with Crippen LogP contribution in [0.2, 0.25) is 0 Å². The molecule has 0 bridgehead atoms. The molecule has 0 atom stereocenters. The molecule has 106 valence electrons. The van der Waals surface area contributed by atoms with E-state index in [9.17, 15) is 0 Å². The fraction of sp³-hybridized carbons (Fsp3) is 0.312. The van der Waals surface area contributed by atoms with Crippen molar-refractivity contribution in [1.82, 2.24) is 0 Å². The number of fused-ring (bicyclic) bond motifs is 1. The van der Waals surface area contributed by atoms with Gasteiger partial charge in [0, 0.05) is 5.41 Å². The van der Waals surface area contributed by atoms with Gasteiger partial charge in [-0.05, 0) is 29.3 Å². The summed E-state index contributed by atoms with van der Waals surface area (Å²) in [5.74, 6) is 1.05. The zero-order chi connectivity index (χ0) is 14.6. The van der Waals surface area contributed by atoms with Crippen molar-refractivity contribution < 1.29 is 9.94 Å². The van der Waals surface area contributed by atoms with Crippen LogP contribution in [-0.2, 0) is 0 Å². The van der Waals surface area contributed by atoms with Crippen LogP contribution in [0.25, 0.3) is 10.8 Å². The Kier molecular flexibility index (Phi) is 4.13. The Morgan fingerprint density at radius 2 is 1.90 bits per heavy atom. The van der Waals surface area contributed by atoms with Crippen LogP contribution in [0.15, 0.2) is 47.6 Å². The number of oxime groups is 1. The minimum atomic E-state index is -0.383.